The zero-order chi connectivity index (χ0) is 17.0. The molecule has 24 heavy (non-hydrogen) atoms. The second-order valence-electron chi connectivity index (χ2n) is 7.40. The van der Waals surface area contributed by atoms with Crippen molar-refractivity contribution in [1.82, 2.24) is 0 Å². The molecule has 2 saturated carbocycles. The van der Waals surface area contributed by atoms with Crippen LogP contribution < -0.4 is 0 Å². The molecule has 0 radical (unpaired) electrons. The number of carbonyl (C=O) groups excluding carboxylic acids is 1. The predicted molar refractivity (Wildman–Crippen MR) is 82.8 cm³/mol. The number of rotatable bonds is 2. The summed E-state index contributed by atoms with van der Waals surface area (Å²) in [5, 5.41) is 0. The maximum atomic E-state index is 12.8. The van der Waals surface area contributed by atoms with Gasteiger partial charge in [0.25, 0.3) is 0 Å². The van der Waals surface area contributed by atoms with Gasteiger partial charge in [-0.15, -0.1) is 0 Å². The lowest BCUT2D eigenvalue weighted by Crippen LogP contribution is -2.61. The quantitative estimate of drug-likeness (QED) is 0.692. The van der Waals surface area contributed by atoms with E-state index in [4.69, 9.17) is 22.6 Å². The molecule has 8 heteroatoms. The summed E-state index contributed by atoms with van der Waals surface area (Å²) in [7, 11) is 0. The van der Waals surface area contributed by atoms with E-state index < -0.39 is 34.3 Å². The molecule has 7 nitrogen and oxygen atoms in total. The Morgan fingerprint density at radius 1 is 1.17 bits per heavy atom. The van der Waals surface area contributed by atoms with Gasteiger partial charge in [0.1, 0.15) is 0 Å². The normalized spacial score (nSPS) is 46.5. The minimum atomic E-state index is -1.87. The Morgan fingerprint density at radius 3 is 2.58 bits per heavy atom. The van der Waals surface area contributed by atoms with E-state index in [0.29, 0.717) is 51.9 Å². The van der Waals surface area contributed by atoms with Gasteiger partial charge in [0.05, 0.1) is 36.9 Å². The van der Waals surface area contributed by atoms with Crippen LogP contribution in [0.25, 0.3) is 0 Å². The number of carbonyl (C=O) groups is 1. The molecule has 3 aliphatic heterocycles. The number of hydrogen-bond donors (Lipinski definition) is 0. The summed E-state index contributed by atoms with van der Waals surface area (Å²) in [5.41, 5.74) is -1.50. The third-order valence-corrected chi connectivity index (χ3v) is 7.07. The van der Waals surface area contributed by atoms with Crippen molar-refractivity contribution < 1.29 is 31.6 Å². The predicted octanol–water partition coefficient (Wildman–Crippen LogP) is 1.63. The molecule has 5 atom stereocenters. The SMILES string of the molecule is CCOC(=O)[C@H]1[C@H]2CC3(CC[C@@]24CC[C@]1(C)OS(=O)O4)OCCO3. The summed E-state index contributed by atoms with van der Waals surface area (Å²) in [6, 6.07) is 0. The lowest BCUT2D eigenvalue weighted by molar-refractivity contribution is -0.238. The van der Waals surface area contributed by atoms with Crippen LogP contribution in [0.3, 0.4) is 0 Å². The first kappa shape index (κ1) is 16.9. The fraction of sp³-hybridized carbons (Fsp3) is 0.938. The molecule has 2 aliphatic carbocycles. The summed E-state index contributed by atoms with van der Waals surface area (Å²) in [5.74, 6) is -1.71. The summed E-state index contributed by atoms with van der Waals surface area (Å²) < 4.78 is 40.9. The van der Waals surface area contributed by atoms with Gasteiger partial charge >= 0.3 is 17.3 Å². The van der Waals surface area contributed by atoms with E-state index >= 15 is 0 Å². The van der Waals surface area contributed by atoms with Gasteiger partial charge < -0.3 is 14.2 Å². The smallest absolute Gasteiger partial charge is 0.312 e. The monoisotopic (exact) mass is 360 g/mol. The largest absolute Gasteiger partial charge is 0.466 e. The Labute approximate surface area is 144 Å². The molecule has 5 fully saturated rings. The lowest BCUT2D eigenvalue weighted by Gasteiger charge is -2.53. The van der Waals surface area contributed by atoms with E-state index in [0.717, 1.165) is 0 Å². The first-order valence-corrected chi connectivity index (χ1v) is 9.67. The highest BCUT2D eigenvalue weighted by molar-refractivity contribution is 7.75. The van der Waals surface area contributed by atoms with Gasteiger partial charge in [-0.1, -0.05) is 0 Å². The van der Waals surface area contributed by atoms with Crippen LogP contribution in [0.1, 0.15) is 46.0 Å². The van der Waals surface area contributed by atoms with Crippen molar-refractivity contribution in [2.45, 2.75) is 62.9 Å². The molecule has 1 unspecified atom stereocenters. The average Bonchev–Trinajstić information content (AvgIpc) is 2.88. The third-order valence-electron chi connectivity index (χ3n) is 6.09. The van der Waals surface area contributed by atoms with Crippen molar-refractivity contribution in [3.63, 3.8) is 0 Å². The first-order chi connectivity index (χ1) is 11.4. The van der Waals surface area contributed by atoms with Crippen LogP contribution in [0.5, 0.6) is 0 Å². The van der Waals surface area contributed by atoms with Crippen molar-refractivity contribution in [3.05, 3.63) is 0 Å². The fourth-order valence-corrected chi connectivity index (χ4v) is 6.03. The average molecular weight is 360 g/mol. The molecule has 0 aromatic carbocycles. The minimum absolute atomic E-state index is 0.200. The number of fused-ring (bicyclic) bond motifs is 3. The molecule has 3 heterocycles. The molecule has 2 bridgehead atoms. The van der Waals surface area contributed by atoms with Crippen LogP contribution in [-0.2, 0) is 38.7 Å². The summed E-state index contributed by atoms with van der Waals surface area (Å²) in [6.07, 6.45) is 3.18. The summed E-state index contributed by atoms with van der Waals surface area (Å²) >= 11 is -1.87. The van der Waals surface area contributed by atoms with Crippen molar-refractivity contribution in [3.8, 4) is 0 Å². The fourth-order valence-electron chi connectivity index (χ4n) is 4.93. The van der Waals surface area contributed by atoms with E-state index in [-0.39, 0.29) is 11.9 Å². The molecular weight excluding hydrogens is 336 g/mol. The molecule has 136 valence electrons. The highest BCUT2D eigenvalue weighted by atomic mass is 32.2. The van der Waals surface area contributed by atoms with Gasteiger partial charge in [-0.05, 0) is 33.1 Å². The summed E-state index contributed by atoms with van der Waals surface area (Å²) in [6.45, 7) is 5.04. The Kier molecular flexibility index (Phi) is 4.04. The maximum absolute atomic E-state index is 12.8. The van der Waals surface area contributed by atoms with E-state index in [2.05, 4.69) is 0 Å². The Balaban J connectivity index is 1.75. The summed E-state index contributed by atoms with van der Waals surface area (Å²) in [4.78, 5) is 12.8. The second kappa shape index (κ2) is 5.74. The molecule has 3 saturated heterocycles. The van der Waals surface area contributed by atoms with Gasteiger partial charge in [0.2, 0.25) is 0 Å². The molecule has 5 rings (SSSR count). The molecule has 0 aromatic rings. The Bertz CT molecular complexity index is 561. The van der Waals surface area contributed by atoms with Gasteiger partial charge in [0, 0.05) is 18.8 Å². The third kappa shape index (κ3) is 2.46. The van der Waals surface area contributed by atoms with Crippen LogP contribution in [0.15, 0.2) is 0 Å². The van der Waals surface area contributed by atoms with Crippen molar-refractivity contribution in [2.24, 2.45) is 11.8 Å². The number of ether oxygens (including phenoxy) is 3. The molecule has 0 amide bonds. The van der Waals surface area contributed by atoms with E-state index in [9.17, 15) is 9.00 Å². The molecule has 2 spiro atoms. The van der Waals surface area contributed by atoms with Crippen molar-refractivity contribution in [2.75, 3.05) is 19.8 Å². The topological polar surface area (TPSA) is 80.3 Å². The maximum Gasteiger partial charge on any atom is 0.312 e. The first-order valence-electron chi connectivity index (χ1n) is 8.67. The highest BCUT2D eigenvalue weighted by Gasteiger charge is 2.67. The Morgan fingerprint density at radius 2 is 1.88 bits per heavy atom. The van der Waals surface area contributed by atoms with Gasteiger partial charge in [-0.3, -0.25) is 13.2 Å². The van der Waals surface area contributed by atoms with Gasteiger partial charge in [-0.2, -0.15) is 4.21 Å². The molecular formula is C16H24O7S. The highest BCUT2D eigenvalue weighted by Crippen LogP contribution is 2.59. The van der Waals surface area contributed by atoms with E-state index in [1.54, 1.807) is 6.92 Å². The standard InChI is InChI=1S/C16H24O7S/c1-3-19-13(17)12-11-10-16(20-8-9-21-16)7-6-15(11)5-4-14(12,2)22-24(18)23-15/h11-12H,3-10H2,1-2H3/t11-,12-,14+,15+,24?/m1/s1. The van der Waals surface area contributed by atoms with E-state index in [1.807, 2.05) is 6.92 Å². The lowest BCUT2D eigenvalue weighted by atomic mass is 9.56. The van der Waals surface area contributed by atoms with Crippen molar-refractivity contribution >= 4 is 17.3 Å². The minimum Gasteiger partial charge on any atom is -0.466 e. The van der Waals surface area contributed by atoms with Crippen molar-refractivity contribution in [1.29, 1.82) is 0 Å². The van der Waals surface area contributed by atoms with E-state index in [1.165, 1.54) is 0 Å². The zero-order valence-electron chi connectivity index (χ0n) is 14.1. The Hall–Kier alpha value is -0.540. The van der Waals surface area contributed by atoms with Crippen LogP contribution in [-0.4, -0.2) is 47.0 Å². The number of esters is 1. The number of hydrogen-bond acceptors (Lipinski definition) is 7. The molecule has 0 aromatic heterocycles. The van der Waals surface area contributed by atoms with Gasteiger partial charge in [0.15, 0.2) is 5.79 Å². The second-order valence-corrected chi connectivity index (χ2v) is 8.14. The van der Waals surface area contributed by atoms with Crippen LogP contribution >= 0.6 is 0 Å². The molecule has 0 N–H and O–H groups in total. The van der Waals surface area contributed by atoms with Crippen LogP contribution in [0, 0.1) is 11.8 Å². The van der Waals surface area contributed by atoms with Gasteiger partial charge in [-0.25, -0.2) is 0 Å². The van der Waals surface area contributed by atoms with Crippen LogP contribution in [0.2, 0.25) is 0 Å². The molecule has 5 aliphatic rings. The zero-order valence-corrected chi connectivity index (χ0v) is 14.9. The van der Waals surface area contributed by atoms with Crippen LogP contribution in [0.4, 0.5) is 0 Å².